The summed E-state index contributed by atoms with van der Waals surface area (Å²) < 4.78 is 6.33. The average molecular weight is 307 g/mol. The van der Waals surface area contributed by atoms with Gasteiger partial charge in [-0.1, -0.05) is 6.92 Å². The van der Waals surface area contributed by atoms with Gasteiger partial charge in [-0.3, -0.25) is 0 Å². The van der Waals surface area contributed by atoms with Crippen molar-refractivity contribution in [1.29, 1.82) is 0 Å². The van der Waals surface area contributed by atoms with Crippen LogP contribution in [0.25, 0.3) is 0 Å². The third-order valence-corrected chi connectivity index (χ3v) is 2.09. The maximum Gasteiger partial charge on any atom is 0.316 e. The zero-order valence-electron chi connectivity index (χ0n) is 8.16. The smallest absolute Gasteiger partial charge is 0.316 e. The fraction of sp³-hybridized carbons (Fsp3) is 0.556. The molecule has 0 bridgehead atoms. The van der Waals surface area contributed by atoms with Gasteiger partial charge in [0.25, 0.3) is 0 Å². The van der Waals surface area contributed by atoms with E-state index in [-0.39, 0.29) is 0 Å². The van der Waals surface area contributed by atoms with E-state index in [1.54, 1.807) is 12.4 Å². The van der Waals surface area contributed by atoms with Gasteiger partial charge in [0.05, 0.1) is 0 Å². The molecule has 1 aromatic heterocycles. The minimum Gasteiger partial charge on any atom is -0.462 e. The second-order valence-electron chi connectivity index (χ2n) is 2.78. The van der Waals surface area contributed by atoms with E-state index in [0.717, 1.165) is 23.1 Å². The van der Waals surface area contributed by atoms with Crippen molar-refractivity contribution in [3.8, 4) is 6.01 Å². The van der Waals surface area contributed by atoms with E-state index in [1.807, 2.05) is 0 Å². The van der Waals surface area contributed by atoms with Gasteiger partial charge in [0.1, 0.15) is 6.61 Å². The molecule has 0 radical (unpaired) electrons. The first-order chi connectivity index (χ1) is 6.83. The molecule has 0 saturated heterocycles. The molecule has 0 aliphatic carbocycles. The van der Waals surface area contributed by atoms with E-state index >= 15 is 0 Å². The third-order valence-electron chi connectivity index (χ3n) is 1.53. The van der Waals surface area contributed by atoms with Crippen LogP contribution in [0.2, 0.25) is 0 Å². The van der Waals surface area contributed by atoms with Crippen LogP contribution < -0.4 is 10.1 Å². The number of ether oxygens (including phenoxy) is 1. The molecule has 0 saturated carbocycles. The number of nitrogens with one attached hydrogen (secondary N) is 1. The van der Waals surface area contributed by atoms with Crippen LogP contribution in [0.4, 0.5) is 0 Å². The van der Waals surface area contributed by atoms with E-state index in [0.29, 0.717) is 12.6 Å². The summed E-state index contributed by atoms with van der Waals surface area (Å²) in [5, 5.41) is 3.23. The highest BCUT2D eigenvalue weighted by Gasteiger charge is 1.95. The quantitative estimate of drug-likeness (QED) is 0.638. The minimum atomic E-state index is 0.448. The van der Waals surface area contributed by atoms with Crippen LogP contribution in [0, 0.1) is 3.57 Å². The van der Waals surface area contributed by atoms with Crippen molar-refractivity contribution < 1.29 is 4.74 Å². The normalized spacial score (nSPS) is 10.1. The van der Waals surface area contributed by atoms with E-state index in [2.05, 4.69) is 44.8 Å². The molecular weight excluding hydrogens is 293 g/mol. The Balaban J connectivity index is 2.15. The van der Waals surface area contributed by atoms with E-state index in [4.69, 9.17) is 4.74 Å². The Morgan fingerprint density at radius 3 is 2.71 bits per heavy atom. The lowest BCUT2D eigenvalue weighted by molar-refractivity contribution is 0.290. The first kappa shape index (κ1) is 11.6. The predicted octanol–water partition coefficient (Wildman–Crippen LogP) is 1.46. The van der Waals surface area contributed by atoms with Gasteiger partial charge >= 0.3 is 6.01 Å². The van der Waals surface area contributed by atoms with Crippen molar-refractivity contribution in [2.75, 3.05) is 19.7 Å². The summed E-state index contributed by atoms with van der Waals surface area (Å²) in [6.07, 6.45) is 4.62. The molecule has 0 unspecified atom stereocenters. The van der Waals surface area contributed by atoms with Gasteiger partial charge in [-0.25, -0.2) is 9.97 Å². The molecule has 5 heteroatoms. The highest BCUT2D eigenvalue weighted by molar-refractivity contribution is 14.1. The Kier molecular flexibility index (Phi) is 5.77. The second kappa shape index (κ2) is 6.94. The van der Waals surface area contributed by atoms with Gasteiger partial charge in [-0.15, -0.1) is 0 Å². The lowest BCUT2D eigenvalue weighted by Crippen LogP contribution is -2.22. The average Bonchev–Trinajstić information content (AvgIpc) is 2.21. The van der Waals surface area contributed by atoms with Gasteiger partial charge in [0.2, 0.25) is 0 Å². The zero-order chi connectivity index (χ0) is 10.2. The predicted molar refractivity (Wildman–Crippen MR) is 63.4 cm³/mol. The Labute approximate surface area is 97.6 Å². The number of nitrogens with zero attached hydrogens (tertiary/aromatic N) is 2. The zero-order valence-corrected chi connectivity index (χ0v) is 10.3. The molecule has 0 fully saturated rings. The van der Waals surface area contributed by atoms with E-state index in [9.17, 15) is 0 Å². The van der Waals surface area contributed by atoms with Crippen LogP contribution in [0.3, 0.4) is 0 Å². The van der Waals surface area contributed by atoms with Crippen molar-refractivity contribution in [2.24, 2.45) is 0 Å². The van der Waals surface area contributed by atoms with Gasteiger partial charge in [0, 0.05) is 22.5 Å². The maximum atomic E-state index is 5.32. The standard InChI is InChI=1S/C9H14IN3O/c1-2-3-11-4-5-14-9-12-6-8(10)7-13-9/h6-7,11H,2-5H2,1H3. The molecule has 0 atom stereocenters. The Hall–Kier alpha value is -0.430. The summed E-state index contributed by atoms with van der Waals surface area (Å²) >= 11 is 2.16. The van der Waals surface area contributed by atoms with Crippen LogP contribution in [0.1, 0.15) is 13.3 Å². The maximum absolute atomic E-state index is 5.32. The van der Waals surface area contributed by atoms with Gasteiger partial charge in [-0.2, -0.15) is 0 Å². The Morgan fingerprint density at radius 1 is 1.36 bits per heavy atom. The number of halogens is 1. The lowest BCUT2D eigenvalue weighted by Gasteiger charge is -2.04. The molecule has 0 aliphatic rings. The van der Waals surface area contributed by atoms with Gasteiger partial charge < -0.3 is 10.1 Å². The van der Waals surface area contributed by atoms with Crippen molar-refractivity contribution in [1.82, 2.24) is 15.3 Å². The molecule has 14 heavy (non-hydrogen) atoms. The lowest BCUT2D eigenvalue weighted by atomic mass is 10.5. The molecule has 1 rings (SSSR count). The first-order valence-corrected chi connectivity index (χ1v) is 5.72. The molecule has 1 aromatic rings. The fourth-order valence-corrected chi connectivity index (χ4v) is 1.17. The SMILES string of the molecule is CCCNCCOc1ncc(I)cn1. The summed E-state index contributed by atoms with van der Waals surface area (Å²) in [6.45, 7) is 4.61. The first-order valence-electron chi connectivity index (χ1n) is 4.64. The summed E-state index contributed by atoms with van der Waals surface area (Å²) in [5.41, 5.74) is 0. The fourth-order valence-electron chi connectivity index (χ4n) is 0.891. The molecule has 0 spiro atoms. The van der Waals surface area contributed by atoms with Crippen LogP contribution in [0.15, 0.2) is 12.4 Å². The highest BCUT2D eigenvalue weighted by atomic mass is 127. The second-order valence-corrected chi connectivity index (χ2v) is 4.03. The monoisotopic (exact) mass is 307 g/mol. The molecule has 1 N–H and O–H groups in total. The van der Waals surface area contributed by atoms with Crippen LogP contribution >= 0.6 is 22.6 Å². The Bertz CT molecular complexity index is 253. The van der Waals surface area contributed by atoms with Crippen molar-refractivity contribution in [3.05, 3.63) is 16.0 Å². The van der Waals surface area contributed by atoms with E-state index in [1.165, 1.54) is 0 Å². The van der Waals surface area contributed by atoms with Crippen molar-refractivity contribution in [2.45, 2.75) is 13.3 Å². The third kappa shape index (κ3) is 4.71. The van der Waals surface area contributed by atoms with E-state index < -0.39 is 0 Å². The molecule has 1 heterocycles. The van der Waals surface area contributed by atoms with Crippen molar-refractivity contribution in [3.63, 3.8) is 0 Å². The highest BCUT2D eigenvalue weighted by Crippen LogP contribution is 2.03. The number of hydrogen-bond acceptors (Lipinski definition) is 4. The van der Waals surface area contributed by atoms with Gasteiger partial charge in [-0.05, 0) is 35.6 Å². The largest absolute Gasteiger partial charge is 0.462 e. The molecule has 0 amide bonds. The number of aromatic nitrogens is 2. The molecule has 4 nitrogen and oxygen atoms in total. The summed E-state index contributed by atoms with van der Waals surface area (Å²) in [6, 6.07) is 0.448. The van der Waals surface area contributed by atoms with Gasteiger partial charge in [0.15, 0.2) is 0 Å². The summed E-state index contributed by atoms with van der Waals surface area (Å²) in [7, 11) is 0. The summed E-state index contributed by atoms with van der Waals surface area (Å²) in [5.74, 6) is 0. The van der Waals surface area contributed by atoms with Crippen LogP contribution in [-0.4, -0.2) is 29.7 Å². The number of hydrogen-bond donors (Lipinski definition) is 1. The molecule has 0 aliphatic heterocycles. The molecule has 78 valence electrons. The molecular formula is C9H14IN3O. The van der Waals surface area contributed by atoms with Crippen LogP contribution in [-0.2, 0) is 0 Å². The van der Waals surface area contributed by atoms with Crippen LogP contribution in [0.5, 0.6) is 6.01 Å². The Morgan fingerprint density at radius 2 is 2.07 bits per heavy atom. The summed E-state index contributed by atoms with van der Waals surface area (Å²) in [4.78, 5) is 8.05. The minimum absolute atomic E-state index is 0.448. The van der Waals surface area contributed by atoms with Crippen molar-refractivity contribution >= 4 is 22.6 Å². The molecule has 0 aromatic carbocycles. The number of rotatable bonds is 6. The topological polar surface area (TPSA) is 47.0 Å².